The van der Waals surface area contributed by atoms with Crippen LogP contribution in [-0.2, 0) is 13.6 Å². The zero-order chi connectivity index (χ0) is 10.1. The van der Waals surface area contributed by atoms with E-state index in [9.17, 15) is 4.79 Å². The third kappa shape index (κ3) is 5.29. The summed E-state index contributed by atoms with van der Waals surface area (Å²) in [6.45, 7) is 10.9. The summed E-state index contributed by atoms with van der Waals surface area (Å²) in [4.78, 5) is 11.1. The summed E-state index contributed by atoms with van der Waals surface area (Å²) >= 11 is 0. The first kappa shape index (κ1) is 12.0. The average Bonchev–Trinajstić information content (AvgIpc) is 2.17. The summed E-state index contributed by atoms with van der Waals surface area (Å²) in [7, 11) is -1.90. The van der Waals surface area contributed by atoms with E-state index in [1.54, 1.807) is 12.2 Å². The Kier molecular flexibility index (Phi) is 7.09. The monoisotopic (exact) mass is 197 g/mol. The minimum atomic E-state index is -1.90. The molecule has 0 rings (SSSR count). The van der Waals surface area contributed by atoms with Gasteiger partial charge in [-0.2, -0.15) is 0 Å². The van der Waals surface area contributed by atoms with Crippen molar-refractivity contribution in [2.24, 2.45) is 0 Å². The van der Waals surface area contributed by atoms with E-state index < -0.39 is 9.28 Å². The van der Waals surface area contributed by atoms with Crippen LogP contribution in [0.5, 0.6) is 0 Å². The lowest BCUT2D eigenvalue weighted by Crippen LogP contribution is -2.32. The Morgan fingerprint density at radius 2 is 1.62 bits per heavy atom. The molecule has 0 saturated carbocycles. The lowest BCUT2D eigenvalue weighted by Gasteiger charge is -2.09. The molecule has 0 aliphatic carbocycles. The maximum absolute atomic E-state index is 11.1. The maximum atomic E-state index is 11.1. The van der Waals surface area contributed by atoms with Gasteiger partial charge >= 0.3 is 9.28 Å². The summed E-state index contributed by atoms with van der Waals surface area (Å²) in [5, 5.41) is -0.200. The fourth-order valence-electron chi connectivity index (χ4n) is 0.536. The van der Waals surface area contributed by atoms with E-state index >= 15 is 0 Å². The van der Waals surface area contributed by atoms with Crippen LogP contribution in [0.3, 0.4) is 0 Å². The van der Waals surface area contributed by atoms with Gasteiger partial charge in [0.2, 0.25) is 0 Å². The number of allylic oxidation sites excluding steroid dienone is 1. The second-order valence-corrected chi connectivity index (χ2v) is 3.70. The first-order valence-corrected chi connectivity index (χ1v) is 5.09. The molecule has 0 heterocycles. The topological polar surface area (TPSA) is 35.5 Å². The van der Waals surface area contributed by atoms with Crippen LogP contribution in [0, 0.1) is 0 Å². The van der Waals surface area contributed by atoms with Gasteiger partial charge in [0.05, 0.1) is 13.2 Å². The quantitative estimate of drug-likeness (QED) is 0.333. The van der Waals surface area contributed by atoms with E-state index in [0.717, 1.165) is 0 Å². The van der Waals surface area contributed by atoms with Gasteiger partial charge in [-0.05, 0) is 6.08 Å². The first-order chi connectivity index (χ1) is 6.26. The predicted molar refractivity (Wildman–Crippen MR) is 53.3 cm³/mol. The molecule has 0 unspecified atom stereocenters. The lowest BCUT2D eigenvalue weighted by atomic mass is 10.7. The zero-order valence-electron chi connectivity index (χ0n) is 7.49. The molecule has 1 radical (unpaired) electrons. The van der Waals surface area contributed by atoms with E-state index in [1.165, 1.54) is 6.08 Å². The highest BCUT2D eigenvalue weighted by molar-refractivity contribution is 6.82. The Hall–Kier alpha value is -0.973. The highest BCUT2D eigenvalue weighted by atomic mass is 28.3. The largest absolute Gasteiger partial charge is 0.468 e. The molecular weight excluding hydrogens is 184 g/mol. The number of hydrogen-bond donors (Lipinski definition) is 0. The minimum absolute atomic E-state index is 0.200. The van der Waals surface area contributed by atoms with Crippen molar-refractivity contribution in [2.75, 3.05) is 13.2 Å². The van der Waals surface area contributed by atoms with E-state index in [1.807, 2.05) is 0 Å². The van der Waals surface area contributed by atoms with Gasteiger partial charge in [-0.3, -0.25) is 4.79 Å². The molecule has 0 bridgehead atoms. The van der Waals surface area contributed by atoms with Crippen LogP contribution in [0.4, 0.5) is 0 Å². The number of carbonyl (C=O) groups is 1. The Bertz CT molecular complexity index is 189. The molecule has 0 amide bonds. The minimum Gasteiger partial charge on any atom is -0.384 e. The summed E-state index contributed by atoms with van der Waals surface area (Å²) < 4.78 is 10.3. The van der Waals surface area contributed by atoms with Gasteiger partial charge in [0.15, 0.2) is 5.41 Å². The highest BCUT2D eigenvalue weighted by Gasteiger charge is 2.22. The highest BCUT2D eigenvalue weighted by Crippen LogP contribution is 1.93. The fourth-order valence-corrected chi connectivity index (χ4v) is 1.61. The summed E-state index contributed by atoms with van der Waals surface area (Å²) in [6, 6.07) is 0. The standard InChI is InChI=1S/C9H13O3Si/c1-4-7-11-13(9(10)6-3)12-8-5-2/h4-6H,1-3,7-8H2. The van der Waals surface area contributed by atoms with Crippen LogP contribution in [-0.4, -0.2) is 27.9 Å². The molecule has 3 nitrogen and oxygen atoms in total. The SMILES string of the molecule is C=CCO[Si](OCC=C)C(=O)C=C. The Morgan fingerprint density at radius 1 is 1.15 bits per heavy atom. The van der Waals surface area contributed by atoms with Gasteiger partial charge in [0.1, 0.15) is 0 Å². The molecule has 0 aromatic heterocycles. The molecule has 0 aliphatic rings. The normalized spacial score (nSPS) is 9.62. The van der Waals surface area contributed by atoms with Crippen molar-refractivity contribution in [3.05, 3.63) is 38.0 Å². The van der Waals surface area contributed by atoms with Crippen LogP contribution in [0.2, 0.25) is 0 Å². The second-order valence-electron chi connectivity index (χ2n) is 2.06. The van der Waals surface area contributed by atoms with Crippen molar-refractivity contribution in [3.8, 4) is 0 Å². The third-order valence-corrected chi connectivity index (χ3v) is 2.52. The van der Waals surface area contributed by atoms with Crippen LogP contribution in [0.15, 0.2) is 38.0 Å². The summed E-state index contributed by atoms with van der Waals surface area (Å²) in [6.07, 6.45) is 4.34. The van der Waals surface area contributed by atoms with E-state index in [4.69, 9.17) is 8.85 Å². The molecule has 4 heteroatoms. The van der Waals surface area contributed by atoms with Gasteiger partial charge in [0, 0.05) is 0 Å². The predicted octanol–water partition coefficient (Wildman–Crippen LogP) is 1.17. The van der Waals surface area contributed by atoms with E-state index in [0.29, 0.717) is 13.2 Å². The molecule has 0 saturated heterocycles. The van der Waals surface area contributed by atoms with Crippen LogP contribution in [0.25, 0.3) is 0 Å². The summed E-state index contributed by atoms with van der Waals surface area (Å²) in [5.41, 5.74) is 0. The molecule has 0 spiro atoms. The summed E-state index contributed by atoms with van der Waals surface area (Å²) in [5.74, 6) is 0. The first-order valence-electron chi connectivity index (χ1n) is 3.77. The molecule has 71 valence electrons. The van der Waals surface area contributed by atoms with Crippen molar-refractivity contribution in [3.63, 3.8) is 0 Å². The smallest absolute Gasteiger partial charge is 0.384 e. The van der Waals surface area contributed by atoms with Gasteiger partial charge in [0.25, 0.3) is 0 Å². The van der Waals surface area contributed by atoms with Crippen molar-refractivity contribution in [1.82, 2.24) is 0 Å². The van der Waals surface area contributed by atoms with Gasteiger partial charge in [-0.1, -0.05) is 18.7 Å². The lowest BCUT2D eigenvalue weighted by molar-refractivity contribution is -0.110. The van der Waals surface area contributed by atoms with Crippen molar-refractivity contribution >= 4 is 14.7 Å². The van der Waals surface area contributed by atoms with Gasteiger partial charge in [-0.25, -0.2) is 0 Å². The number of carbonyl (C=O) groups excluding carboxylic acids is 1. The molecule has 0 aliphatic heterocycles. The van der Waals surface area contributed by atoms with Crippen LogP contribution >= 0.6 is 0 Å². The Labute approximate surface area is 80.2 Å². The van der Waals surface area contributed by atoms with Crippen molar-refractivity contribution in [2.45, 2.75) is 0 Å². The van der Waals surface area contributed by atoms with Crippen molar-refractivity contribution < 1.29 is 13.6 Å². The maximum Gasteiger partial charge on any atom is 0.468 e. The third-order valence-electron chi connectivity index (χ3n) is 1.05. The zero-order valence-corrected chi connectivity index (χ0v) is 8.49. The Balaban J connectivity index is 4.00. The van der Waals surface area contributed by atoms with Gasteiger partial charge in [-0.15, -0.1) is 13.2 Å². The van der Waals surface area contributed by atoms with Gasteiger partial charge < -0.3 is 8.85 Å². The fraction of sp³-hybridized carbons (Fsp3) is 0.222. The molecule has 0 aromatic rings. The second kappa shape index (κ2) is 7.66. The molecular formula is C9H13O3Si. The number of hydrogen-bond acceptors (Lipinski definition) is 3. The molecule has 0 fully saturated rings. The molecule has 13 heavy (non-hydrogen) atoms. The molecule has 0 atom stereocenters. The van der Waals surface area contributed by atoms with E-state index in [-0.39, 0.29) is 5.41 Å². The Morgan fingerprint density at radius 3 is 1.92 bits per heavy atom. The van der Waals surface area contributed by atoms with Crippen molar-refractivity contribution in [1.29, 1.82) is 0 Å². The van der Waals surface area contributed by atoms with Crippen LogP contribution < -0.4 is 0 Å². The molecule has 0 aromatic carbocycles. The van der Waals surface area contributed by atoms with Crippen LogP contribution in [0.1, 0.15) is 0 Å². The van der Waals surface area contributed by atoms with E-state index in [2.05, 4.69) is 19.7 Å². The molecule has 0 N–H and O–H groups in total. The number of rotatable bonds is 8. The average molecular weight is 197 g/mol.